The minimum atomic E-state index is 1.06. The first kappa shape index (κ1) is 9.59. The fourth-order valence-corrected chi connectivity index (χ4v) is 1.95. The summed E-state index contributed by atoms with van der Waals surface area (Å²) in [5, 5.41) is 3.31. The van der Waals surface area contributed by atoms with Crippen molar-refractivity contribution >= 4 is 7.41 Å². The Labute approximate surface area is 86.6 Å². The van der Waals surface area contributed by atoms with Crippen LogP contribution in [0.4, 0.5) is 0 Å². The third kappa shape index (κ3) is 2.77. The maximum Gasteiger partial charge on any atom is 0.258 e. The van der Waals surface area contributed by atoms with Gasteiger partial charge in [0, 0.05) is 0 Å². The predicted octanol–water partition coefficient (Wildman–Crippen LogP) is 1.34. The Morgan fingerprint density at radius 1 is 1.07 bits per heavy atom. The molecule has 0 aromatic carbocycles. The van der Waals surface area contributed by atoms with Crippen LogP contribution in [0.15, 0.2) is 36.1 Å². The monoisotopic (exact) mass is 188 g/mol. The first-order valence-corrected chi connectivity index (χ1v) is 5.46. The number of piperidine rings is 1. The van der Waals surface area contributed by atoms with Crippen LogP contribution in [0.25, 0.3) is 0 Å². The number of hydrogen-bond acceptors (Lipinski definition) is 2. The molecule has 2 aliphatic heterocycles. The lowest BCUT2D eigenvalue weighted by atomic mass is 9.83. The molecule has 0 bridgehead atoms. The van der Waals surface area contributed by atoms with Gasteiger partial charge >= 0.3 is 0 Å². The van der Waals surface area contributed by atoms with Gasteiger partial charge in [0.1, 0.15) is 0 Å². The topological polar surface area (TPSA) is 15.3 Å². The molecule has 2 nitrogen and oxygen atoms in total. The highest BCUT2D eigenvalue weighted by Crippen LogP contribution is 2.08. The van der Waals surface area contributed by atoms with Gasteiger partial charge in [-0.1, -0.05) is 24.6 Å². The van der Waals surface area contributed by atoms with Crippen LogP contribution in [-0.4, -0.2) is 25.3 Å². The number of nitrogens with one attached hydrogen (secondary N) is 1. The molecule has 1 fully saturated rings. The summed E-state index contributed by atoms with van der Waals surface area (Å²) in [5.41, 5.74) is 1.30. The highest BCUT2D eigenvalue weighted by molar-refractivity contribution is 6.42. The molecule has 1 saturated heterocycles. The number of allylic oxidation sites excluding steroid dienone is 4. The first-order chi connectivity index (χ1) is 6.95. The van der Waals surface area contributed by atoms with Crippen LogP contribution in [0.1, 0.15) is 19.3 Å². The predicted molar refractivity (Wildman–Crippen MR) is 62.1 cm³/mol. The molecule has 0 radical (unpaired) electrons. The molecule has 0 atom stereocenters. The zero-order valence-electron chi connectivity index (χ0n) is 8.58. The van der Waals surface area contributed by atoms with E-state index in [-0.39, 0.29) is 0 Å². The lowest BCUT2D eigenvalue weighted by Gasteiger charge is -2.26. The van der Waals surface area contributed by atoms with E-state index in [1.807, 2.05) is 12.3 Å². The summed E-state index contributed by atoms with van der Waals surface area (Å²) in [5.74, 6) is 0. The molecular formula is C11H17BN2. The molecule has 0 saturated carbocycles. The molecular weight excluding hydrogens is 171 g/mol. The van der Waals surface area contributed by atoms with Gasteiger partial charge in [-0.25, -0.2) is 0 Å². The smallest absolute Gasteiger partial charge is 0.258 e. The summed E-state index contributed by atoms with van der Waals surface area (Å²) in [7, 11) is 1.06. The number of hydrogen-bond donors (Lipinski definition) is 1. The Balaban J connectivity index is 1.86. The van der Waals surface area contributed by atoms with Gasteiger partial charge in [0.25, 0.3) is 7.41 Å². The fourth-order valence-electron chi connectivity index (χ4n) is 1.95. The molecule has 0 amide bonds. The summed E-state index contributed by atoms with van der Waals surface area (Å²) in [6, 6.07) is 0. The van der Waals surface area contributed by atoms with Crippen molar-refractivity contribution in [2.45, 2.75) is 19.3 Å². The molecule has 0 unspecified atom stereocenters. The second-order valence-electron chi connectivity index (χ2n) is 3.92. The zero-order valence-corrected chi connectivity index (χ0v) is 8.58. The van der Waals surface area contributed by atoms with Crippen LogP contribution < -0.4 is 5.32 Å². The van der Waals surface area contributed by atoms with E-state index in [9.17, 15) is 0 Å². The van der Waals surface area contributed by atoms with Gasteiger partial charge in [-0.3, -0.25) is 0 Å². The fraction of sp³-hybridized carbons (Fsp3) is 0.455. The highest BCUT2D eigenvalue weighted by atomic mass is 15.1. The van der Waals surface area contributed by atoms with Crippen LogP contribution in [0, 0.1) is 0 Å². The molecule has 3 heteroatoms. The van der Waals surface area contributed by atoms with E-state index in [2.05, 4.69) is 28.4 Å². The van der Waals surface area contributed by atoms with Gasteiger partial charge in [-0.15, -0.1) is 0 Å². The molecule has 0 aliphatic carbocycles. The van der Waals surface area contributed by atoms with Crippen molar-refractivity contribution in [1.82, 2.24) is 10.1 Å². The molecule has 0 spiro atoms. The van der Waals surface area contributed by atoms with Gasteiger partial charge in [0.15, 0.2) is 0 Å². The Morgan fingerprint density at radius 3 is 2.79 bits per heavy atom. The second-order valence-corrected chi connectivity index (χ2v) is 3.92. The summed E-state index contributed by atoms with van der Waals surface area (Å²) in [4.78, 5) is 2.52. The lowest BCUT2D eigenvalue weighted by Crippen LogP contribution is -2.36. The van der Waals surface area contributed by atoms with E-state index < -0.39 is 0 Å². The molecule has 1 N–H and O–H groups in total. The van der Waals surface area contributed by atoms with Crippen molar-refractivity contribution in [3.8, 4) is 0 Å². The summed E-state index contributed by atoms with van der Waals surface area (Å²) < 4.78 is 0. The Morgan fingerprint density at radius 2 is 1.93 bits per heavy atom. The lowest BCUT2D eigenvalue weighted by molar-refractivity contribution is 0.361. The van der Waals surface area contributed by atoms with E-state index in [4.69, 9.17) is 0 Å². The van der Waals surface area contributed by atoms with Crippen molar-refractivity contribution in [2.75, 3.05) is 13.1 Å². The average molecular weight is 188 g/mol. The van der Waals surface area contributed by atoms with Crippen LogP contribution in [0.5, 0.6) is 0 Å². The normalized spacial score (nSPS) is 22.4. The minimum absolute atomic E-state index is 1.06. The van der Waals surface area contributed by atoms with Gasteiger partial charge in [0.2, 0.25) is 0 Å². The maximum atomic E-state index is 3.31. The molecule has 74 valence electrons. The Hall–Kier alpha value is -0.955. The molecule has 2 heterocycles. The molecule has 0 aromatic heterocycles. The van der Waals surface area contributed by atoms with E-state index >= 15 is 0 Å². The van der Waals surface area contributed by atoms with Gasteiger partial charge in [0.05, 0.1) is 0 Å². The molecule has 0 aromatic rings. The van der Waals surface area contributed by atoms with Crippen molar-refractivity contribution in [2.24, 2.45) is 0 Å². The standard InChI is InChI=1S/C11H17BN2/c1-3-7-11(13-8-4-1)12-14-9-5-2-6-10-14/h1,3-4,7-8,12-13H,2,5-6,9-10H2. The average Bonchev–Trinajstić information content (AvgIpc) is 2.48. The second kappa shape index (κ2) is 5.06. The highest BCUT2D eigenvalue weighted by Gasteiger charge is 2.12. The maximum absolute atomic E-state index is 3.31. The number of nitrogens with zero attached hydrogens (tertiary/aromatic N) is 1. The Bertz CT molecular complexity index is 262. The van der Waals surface area contributed by atoms with E-state index in [1.54, 1.807) is 0 Å². The first-order valence-electron chi connectivity index (χ1n) is 5.46. The molecule has 14 heavy (non-hydrogen) atoms. The van der Waals surface area contributed by atoms with Gasteiger partial charge in [-0.2, -0.15) is 0 Å². The number of rotatable bonds is 2. The SMILES string of the molecule is B(C1=CC=CC=CN1)N1CCCCC1. The van der Waals surface area contributed by atoms with E-state index in [0.29, 0.717) is 0 Å². The summed E-state index contributed by atoms with van der Waals surface area (Å²) >= 11 is 0. The van der Waals surface area contributed by atoms with Crippen LogP contribution in [0.2, 0.25) is 0 Å². The largest absolute Gasteiger partial charge is 0.372 e. The van der Waals surface area contributed by atoms with Gasteiger partial charge in [-0.05, 0) is 43.8 Å². The Kier molecular flexibility index (Phi) is 3.47. The van der Waals surface area contributed by atoms with Crippen molar-refractivity contribution < 1.29 is 0 Å². The van der Waals surface area contributed by atoms with Crippen LogP contribution in [0.3, 0.4) is 0 Å². The van der Waals surface area contributed by atoms with Crippen LogP contribution >= 0.6 is 0 Å². The quantitative estimate of drug-likeness (QED) is 0.658. The van der Waals surface area contributed by atoms with Crippen LogP contribution in [-0.2, 0) is 0 Å². The van der Waals surface area contributed by atoms with Gasteiger partial charge < -0.3 is 10.1 Å². The molecule has 2 rings (SSSR count). The third-order valence-electron chi connectivity index (χ3n) is 2.73. The van der Waals surface area contributed by atoms with E-state index in [1.165, 1.54) is 37.9 Å². The molecule has 2 aliphatic rings. The van der Waals surface area contributed by atoms with Crippen molar-refractivity contribution in [3.05, 3.63) is 36.1 Å². The van der Waals surface area contributed by atoms with E-state index in [0.717, 1.165) is 7.41 Å². The summed E-state index contributed by atoms with van der Waals surface area (Å²) in [6.45, 7) is 2.51. The zero-order chi connectivity index (χ0) is 9.64. The summed E-state index contributed by atoms with van der Waals surface area (Å²) in [6.07, 6.45) is 14.5. The third-order valence-corrected chi connectivity index (χ3v) is 2.73. The minimum Gasteiger partial charge on any atom is -0.372 e. The van der Waals surface area contributed by atoms with Crippen molar-refractivity contribution in [1.29, 1.82) is 0 Å². The van der Waals surface area contributed by atoms with Crippen molar-refractivity contribution in [3.63, 3.8) is 0 Å².